The van der Waals surface area contributed by atoms with Crippen molar-refractivity contribution in [3.63, 3.8) is 0 Å². The number of amides is 1. The number of alkyl halides is 2. The van der Waals surface area contributed by atoms with Crippen molar-refractivity contribution in [3.05, 3.63) is 54.1 Å². The molecule has 4 nitrogen and oxygen atoms in total. The first-order valence-corrected chi connectivity index (χ1v) is 6.60. The van der Waals surface area contributed by atoms with Crippen LogP contribution in [0.1, 0.15) is 10.4 Å². The zero-order chi connectivity index (χ0) is 16.1. The lowest BCUT2D eigenvalue weighted by molar-refractivity contribution is -0.0501. The van der Waals surface area contributed by atoms with Gasteiger partial charge in [-0.15, -0.1) is 0 Å². The molecule has 0 aliphatic carbocycles. The van der Waals surface area contributed by atoms with Gasteiger partial charge in [-0.2, -0.15) is 8.78 Å². The van der Waals surface area contributed by atoms with Gasteiger partial charge in [0, 0.05) is 14.1 Å². The predicted molar refractivity (Wildman–Crippen MR) is 81.8 cm³/mol. The second-order valence-corrected chi connectivity index (χ2v) is 4.74. The number of benzene rings is 2. The van der Waals surface area contributed by atoms with Gasteiger partial charge in [0.15, 0.2) is 0 Å². The summed E-state index contributed by atoms with van der Waals surface area (Å²) in [6.07, 6.45) is 0. The van der Waals surface area contributed by atoms with E-state index in [2.05, 4.69) is 10.1 Å². The van der Waals surface area contributed by atoms with Crippen molar-refractivity contribution in [2.75, 3.05) is 24.3 Å². The van der Waals surface area contributed by atoms with Crippen molar-refractivity contribution in [2.45, 2.75) is 6.61 Å². The third kappa shape index (κ3) is 3.72. The van der Waals surface area contributed by atoms with Gasteiger partial charge < -0.3 is 15.0 Å². The van der Waals surface area contributed by atoms with E-state index in [9.17, 15) is 13.6 Å². The van der Waals surface area contributed by atoms with Crippen molar-refractivity contribution < 1.29 is 18.3 Å². The monoisotopic (exact) mass is 306 g/mol. The molecule has 0 fully saturated rings. The number of anilines is 2. The summed E-state index contributed by atoms with van der Waals surface area (Å²) in [5, 5.41) is 2.72. The van der Waals surface area contributed by atoms with Crippen LogP contribution in [-0.2, 0) is 0 Å². The van der Waals surface area contributed by atoms with Crippen LogP contribution >= 0.6 is 0 Å². The number of para-hydroxylation sites is 3. The van der Waals surface area contributed by atoms with Crippen LogP contribution in [0.2, 0.25) is 0 Å². The summed E-state index contributed by atoms with van der Waals surface area (Å²) in [6.45, 7) is -2.98. The molecule has 1 N–H and O–H groups in total. The third-order valence-corrected chi connectivity index (χ3v) is 2.98. The normalized spacial score (nSPS) is 10.4. The number of nitrogens with zero attached hydrogens (tertiary/aromatic N) is 1. The zero-order valence-corrected chi connectivity index (χ0v) is 12.2. The highest BCUT2D eigenvalue weighted by molar-refractivity contribution is 6.07. The maximum Gasteiger partial charge on any atom is 0.387 e. The van der Waals surface area contributed by atoms with Crippen LogP contribution in [-0.4, -0.2) is 26.6 Å². The first kappa shape index (κ1) is 15.8. The van der Waals surface area contributed by atoms with Crippen LogP contribution in [0.25, 0.3) is 0 Å². The molecule has 22 heavy (non-hydrogen) atoms. The number of halogens is 2. The Bertz CT molecular complexity index is 660. The van der Waals surface area contributed by atoms with Crippen LogP contribution in [0.4, 0.5) is 20.2 Å². The fourth-order valence-electron chi connectivity index (χ4n) is 2.01. The average molecular weight is 306 g/mol. The molecule has 1 amide bonds. The topological polar surface area (TPSA) is 41.6 Å². The van der Waals surface area contributed by atoms with Crippen molar-refractivity contribution in [2.24, 2.45) is 0 Å². The van der Waals surface area contributed by atoms with E-state index >= 15 is 0 Å². The Morgan fingerprint density at radius 1 is 1.09 bits per heavy atom. The summed E-state index contributed by atoms with van der Waals surface area (Å²) in [7, 11) is 3.69. The van der Waals surface area contributed by atoms with E-state index in [-0.39, 0.29) is 11.3 Å². The largest absolute Gasteiger partial charge is 0.434 e. The van der Waals surface area contributed by atoms with Gasteiger partial charge in [-0.1, -0.05) is 24.3 Å². The van der Waals surface area contributed by atoms with E-state index in [1.54, 1.807) is 18.2 Å². The SMILES string of the molecule is CN(C)c1ccccc1NC(=O)c1ccccc1OC(F)F. The Labute approximate surface area is 127 Å². The van der Waals surface area contributed by atoms with Gasteiger partial charge in [0.25, 0.3) is 5.91 Å². The maximum absolute atomic E-state index is 12.4. The number of hydrogen-bond acceptors (Lipinski definition) is 3. The molecule has 2 aromatic rings. The molecule has 0 saturated heterocycles. The minimum absolute atomic E-state index is 0.0522. The van der Waals surface area contributed by atoms with Crippen LogP contribution in [0.3, 0.4) is 0 Å². The van der Waals surface area contributed by atoms with Crippen molar-refractivity contribution >= 4 is 17.3 Å². The Balaban J connectivity index is 2.27. The molecule has 0 unspecified atom stereocenters. The first-order chi connectivity index (χ1) is 10.5. The van der Waals surface area contributed by atoms with Crippen LogP contribution in [0, 0.1) is 0 Å². The highest BCUT2D eigenvalue weighted by Gasteiger charge is 2.16. The minimum atomic E-state index is -2.98. The number of carbonyl (C=O) groups is 1. The Morgan fingerprint density at radius 2 is 1.73 bits per heavy atom. The fourth-order valence-corrected chi connectivity index (χ4v) is 2.01. The molecular formula is C16H16F2N2O2. The van der Waals surface area contributed by atoms with Gasteiger partial charge >= 0.3 is 6.61 Å². The maximum atomic E-state index is 12.4. The molecular weight excluding hydrogens is 290 g/mol. The lowest BCUT2D eigenvalue weighted by atomic mass is 10.1. The summed E-state index contributed by atoms with van der Waals surface area (Å²) < 4.78 is 29.2. The van der Waals surface area contributed by atoms with Gasteiger partial charge in [0.05, 0.1) is 16.9 Å². The molecule has 0 saturated carbocycles. The molecule has 0 heterocycles. The predicted octanol–water partition coefficient (Wildman–Crippen LogP) is 3.61. The van der Waals surface area contributed by atoms with E-state index < -0.39 is 12.5 Å². The minimum Gasteiger partial charge on any atom is -0.434 e. The van der Waals surface area contributed by atoms with Gasteiger partial charge in [-0.05, 0) is 24.3 Å². The number of ether oxygens (including phenoxy) is 1. The standard InChI is InChI=1S/C16H16F2N2O2/c1-20(2)13-9-5-4-8-12(13)19-15(21)11-7-3-6-10-14(11)22-16(17)18/h3-10,16H,1-2H3,(H,19,21). The molecule has 116 valence electrons. The number of carbonyl (C=O) groups excluding carboxylic acids is 1. The van der Waals surface area contributed by atoms with Crippen molar-refractivity contribution in [3.8, 4) is 5.75 Å². The molecule has 6 heteroatoms. The third-order valence-electron chi connectivity index (χ3n) is 2.98. The Hall–Kier alpha value is -2.63. The molecule has 0 radical (unpaired) electrons. The summed E-state index contributed by atoms with van der Waals surface area (Å²) in [4.78, 5) is 14.2. The highest BCUT2D eigenvalue weighted by Crippen LogP contribution is 2.26. The summed E-state index contributed by atoms with van der Waals surface area (Å²) in [6, 6.07) is 13.1. The summed E-state index contributed by atoms with van der Waals surface area (Å²) >= 11 is 0. The van der Waals surface area contributed by atoms with Crippen molar-refractivity contribution in [1.29, 1.82) is 0 Å². The molecule has 0 aliphatic heterocycles. The lowest BCUT2D eigenvalue weighted by Crippen LogP contribution is -2.18. The zero-order valence-electron chi connectivity index (χ0n) is 12.2. The second-order valence-electron chi connectivity index (χ2n) is 4.74. The molecule has 0 aromatic heterocycles. The smallest absolute Gasteiger partial charge is 0.387 e. The fraction of sp³-hybridized carbons (Fsp3) is 0.188. The van der Waals surface area contributed by atoms with Crippen LogP contribution < -0.4 is 15.0 Å². The molecule has 2 aromatic carbocycles. The van der Waals surface area contributed by atoms with E-state index in [1.807, 2.05) is 31.1 Å². The average Bonchev–Trinajstić information content (AvgIpc) is 2.47. The van der Waals surface area contributed by atoms with Gasteiger partial charge in [0.1, 0.15) is 5.75 Å². The van der Waals surface area contributed by atoms with E-state index in [0.717, 1.165) is 5.69 Å². The van der Waals surface area contributed by atoms with Crippen molar-refractivity contribution in [1.82, 2.24) is 0 Å². The molecule has 0 aliphatic rings. The van der Waals surface area contributed by atoms with Crippen LogP contribution in [0.5, 0.6) is 5.75 Å². The van der Waals surface area contributed by atoms with Crippen LogP contribution in [0.15, 0.2) is 48.5 Å². The Morgan fingerprint density at radius 3 is 2.41 bits per heavy atom. The van der Waals surface area contributed by atoms with Gasteiger partial charge in [-0.3, -0.25) is 4.79 Å². The summed E-state index contributed by atoms with van der Waals surface area (Å²) in [5.41, 5.74) is 1.45. The van der Waals surface area contributed by atoms with E-state index in [0.29, 0.717) is 5.69 Å². The summed E-state index contributed by atoms with van der Waals surface area (Å²) in [5.74, 6) is -0.664. The number of rotatable bonds is 5. The molecule has 0 atom stereocenters. The Kier molecular flexibility index (Phi) is 4.93. The molecule has 0 spiro atoms. The van der Waals surface area contributed by atoms with Gasteiger partial charge in [-0.25, -0.2) is 0 Å². The lowest BCUT2D eigenvalue weighted by Gasteiger charge is -2.18. The molecule has 0 bridgehead atoms. The quantitative estimate of drug-likeness (QED) is 0.917. The van der Waals surface area contributed by atoms with E-state index in [4.69, 9.17) is 0 Å². The molecule has 2 rings (SSSR count). The highest BCUT2D eigenvalue weighted by atomic mass is 19.3. The first-order valence-electron chi connectivity index (χ1n) is 6.60. The number of nitrogens with one attached hydrogen (secondary N) is 1. The van der Waals surface area contributed by atoms with Gasteiger partial charge in [0.2, 0.25) is 0 Å². The second kappa shape index (κ2) is 6.89. The number of hydrogen-bond donors (Lipinski definition) is 1. The van der Waals surface area contributed by atoms with E-state index in [1.165, 1.54) is 18.2 Å².